The van der Waals surface area contributed by atoms with Crippen molar-refractivity contribution in [1.29, 1.82) is 0 Å². The molecule has 0 unspecified atom stereocenters. The first kappa shape index (κ1) is 19.0. The van der Waals surface area contributed by atoms with Crippen LogP contribution >= 0.6 is 0 Å². The van der Waals surface area contributed by atoms with Crippen LogP contribution in [0.3, 0.4) is 0 Å². The van der Waals surface area contributed by atoms with Gasteiger partial charge in [-0.1, -0.05) is 42.5 Å². The van der Waals surface area contributed by atoms with Gasteiger partial charge < -0.3 is 15.4 Å². The van der Waals surface area contributed by atoms with E-state index >= 15 is 0 Å². The summed E-state index contributed by atoms with van der Waals surface area (Å²) in [6, 6.07) is 15.8. The molecule has 0 atom stereocenters. The fourth-order valence-corrected chi connectivity index (χ4v) is 3.32. The molecule has 0 spiro atoms. The number of nitrogens with one attached hydrogen (secondary N) is 2. The average molecular weight is 370 g/mol. The topological polar surface area (TPSA) is 67.4 Å². The minimum atomic E-state index is -0.699. The Balaban J connectivity index is 1.57. The smallest absolute Gasteiger partial charge is 0.309 e. The van der Waals surface area contributed by atoms with Crippen molar-refractivity contribution in [3.8, 4) is 0 Å². The summed E-state index contributed by atoms with van der Waals surface area (Å²) >= 11 is 0. The molecule has 142 valence electrons. The average Bonchev–Trinajstić information content (AvgIpc) is 2.72. The van der Waals surface area contributed by atoms with Gasteiger partial charge in [-0.05, 0) is 36.1 Å². The van der Waals surface area contributed by atoms with Gasteiger partial charge in [0.15, 0.2) is 0 Å². The first-order valence-electron chi connectivity index (χ1n) is 9.03. The van der Waals surface area contributed by atoms with E-state index in [1.54, 1.807) is 12.1 Å². The summed E-state index contributed by atoms with van der Waals surface area (Å²) in [5, 5.41) is 5.33. The lowest BCUT2D eigenvalue weighted by molar-refractivity contribution is -0.139. The van der Waals surface area contributed by atoms with Crippen molar-refractivity contribution in [3.05, 3.63) is 71.5 Å². The molecule has 1 saturated heterocycles. The van der Waals surface area contributed by atoms with Crippen LogP contribution in [0, 0.1) is 5.82 Å². The van der Waals surface area contributed by atoms with Crippen LogP contribution in [0.5, 0.6) is 0 Å². The molecule has 27 heavy (non-hydrogen) atoms. The predicted octanol–water partition coefficient (Wildman–Crippen LogP) is 2.31. The second-order valence-corrected chi connectivity index (χ2v) is 6.75. The van der Waals surface area contributed by atoms with Crippen LogP contribution in [-0.4, -0.2) is 31.6 Å². The minimum absolute atomic E-state index is 0.171. The van der Waals surface area contributed by atoms with Crippen LogP contribution in [0.1, 0.15) is 24.0 Å². The van der Waals surface area contributed by atoms with Crippen LogP contribution in [0.15, 0.2) is 54.6 Å². The Kier molecular flexibility index (Phi) is 6.19. The number of hydrogen-bond acceptors (Lipinski definition) is 3. The summed E-state index contributed by atoms with van der Waals surface area (Å²) in [6.07, 6.45) is 1.57. The van der Waals surface area contributed by atoms with Gasteiger partial charge in [-0.3, -0.25) is 9.59 Å². The van der Waals surface area contributed by atoms with Gasteiger partial charge in [-0.2, -0.15) is 0 Å². The lowest BCUT2D eigenvalue weighted by atomic mass is 9.74. The third-order valence-electron chi connectivity index (χ3n) is 5.00. The van der Waals surface area contributed by atoms with Crippen molar-refractivity contribution < 1.29 is 18.7 Å². The van der Waals surface area contributed by atoms with Crippen molar-refractivity contribution in [2.45, 2.75) is 24.8 Å². The normalized spacial score (nSPS) is 15.7. The van der Waals surface area contributed by atoms with E-state index in [1.165, 1.54) is 12.1 Å². The number of benzene rings is 2. The van der Waals surface area contributed by atoms with Crippen molar-refractivity contribution in [1.82, 2.24) is 10.6 Å². The van der Waals surface area contributed by atoms with Crippen molar-refractivity contribution in [3.63, 3.8) is 0 Å². The predicted molar refractivity (Wildman–Crippen MR) is 99.4 cm³/mol. The molecule has 1 aliphatic rings. The number of halogens is 1. The zero-order valence-corrected chi connectivity index (χ0v) is 15.0. The van der Waals surface area contributed by atoms with E-state index in [9.17, 15) is 14.0 Å². The van der Waals surface area contributed by atoms with E-state index in [0.717, 1.165) is 24.0 Å². The quantitative estimate of drug-likeness (QED) is 0.794. The highest BCUT2D eigenvalue weighted by Gasteiger charge is 2.35. The molecule has 1 aliphatic heterocycles. The number of hydrogen-bond donors (Lipinski definition) is 2. The second kappa shape index (κ2) is 8.77. The van der Waals surface area contributed by atoms with Gasteiger partial charge in [0.25, 0.3) is 0 Å². The highest BCUT2D eigenvalue weighted by molar-refractivity contribution is 6.35. The number of carbonyl (C=O) groups is 2. The lowest BCUT2D eigenvalue weighted by Crippen LogP contribution is -2.48. The fourth-order valence-electron chi connectivity index (χ4n) is 3.32. The Bertz CT molecular complexity index is 772. The highest BCUT2D eigenvalue weighted by atomic mass is 19.1. The first-order chi connectivity index (χ1) is 13.1. The van der Waals surface area contributed by atoms with Crippen LogP contribution in [-0.2, 0) is 26.3 Å². The third-order valence-corrected chi connectivity index (χ3v) is 5.00. The maximum Gasteiger partial charge on any atom is 0.309 e. The zero-order valence-electron chi connectivity index (χ0n) is 15.0. The maximum absolute atomic E-state index is 12.9. The largest absolute Gasteiger partial charge is 0.381 e. The molecule has 0 bridgehead atoms. The summed E-state index contributed by atoms with van der Waals surface area (Å²) in [6.45, 7) is 1.80. The molecule has 2 aromatic carbocycles. The van der Waals surface area contributed by atoms with E-state index in [4.69, 9.17) is 4.74 Å². The van der Waals surface area contributed by atoms with E-state index in [0.29, 0.717) is 19.8 Å². The molecule has 0 aliphatic carbocycles. The lowest BCUT2D eigenvalue weighted by Gasteiger charge is -2.37. The van der Waals surface area contributed by atoms with Crippen molar-refractivity contribution >= 4 is 11.8 Å². The second-order valence-electron chi connectivity index (χ2n) is 6.75. The Morgan fingerprint density at radius 2 is 1.56 bits per heavy atom. The van der Waals surface area contributed by atoms with E-state index < -0.39 is 11.8 Å². The fraction of sp³-hybridized carbons (Fsp3) is 0.333. The molecule has 2 aromatic rings. The molecule has 1 fully saturated rings. The molecule has 0 aromatic heterocycles. The van der Waals surface area contributed by atoms with Crippen LogP contribution in [0.2, 0.25) is 0 Å². The van der Waals surface area contributed by atoms with Gasteiger partial charge >= 0.3 is 11.8 Å². The molecular weight excluding hydrogens is 347 g/mol. The van der Waals surface area contributed by atoms with Gasteiger partial charge in [0, 0.05) is 31.7 Å². The number of carbonyl (C=O) groups excluding carboxylic acids is 2. The zero-order chi connectivity index (χ0) is 19.1. The molecule has 0 radical (unpaired) electrons. The highest BCUT2D eigenvalue weighted by Crippen LogP contribution is 2.34. The minimum Gasteiger partial charge on any atom is -0.381 e. The molecule has 3 rings (SSSR count). The Morgan fingerprint density at radius 3 is 2.22 bits per heavy atom. The molecule has 1 heterocycles. The van der Waals surface area contributed by atoms with E-state index in [1.807, 2.05) is 30.3 Å². The summed E-state index contributed by atoms with van der Waals surface area (Å²) in [5.41, 5.74) is 1.63. The van der Waals surface area contributed by atoms with Gasteiger partial charge in [-0.15, -0.1) is 0 Å². The molecule has 0 saturated carbocycles. The summed E-state index contributed by atoms with van der Waals surface area (Å²) in [7, 11) is 0. The molecule has 2 amide bonds. The first-order valence-corrected chi connectivity index (χ1v) is 9.03. The summed E-state index contributed by atoms with van der Waals surface area (Å²) < 4.78 is 18.4. The summed E-state index contributed by atoms with van der Waals surface area (Å²) in [4.78, 5) is 24.3. The molecule has 5 nitrogen and oxygen atoms in total. The molecule has 6 heteroatoms. The van der Waals surface area contributed by atoms with Crippen LogP contribution in [0.4, 0.5) is 4.39 Å². The number of ether oxygens (including phenoxy) is 1. The van der Waals surface area contributed by atoms with E-state index in [-0.39, 0.29) is 17.8 Å². The molecular formula is C21H23FN2O3. The Hall–Kier alpha value is -2.73. The summed E-state index contributed by atoms with van der Waals surface area (Å²) in [5.74, 6) is -1.71. The Morgan fingerprint density at radius 1 is 0.926 bits per heavy atom. The number of amides is 2. The monoisotopic (exact) mass is 370 g/mol. The maximum atomic E-state index is 12.9. The third kappa shape index (κ3) is 4.92. The van der Waals surface area contributed by atoms with Gasteiger partial charge in [0.1, 0.15) is 5.82 Å². The van der Waals surface area contributed by atoms with Crippen molar-refractivity contribution in [2.24, 2.45) is 0 Å². The van der Waals surface area contributed by atoms with Crippen LogP contribution < -0.4 is 10.6 Å². The van der Waals surface area contributed by atoms with Crippen molar-refractivity contribution in [2.75, 3.05) is 19.8 Å². The standard InChI is InChI=1S/C21H23FN2O3/c22-18-8-6-16(7-9-18)14-23-19(25)20(26)24-15-21(10-12-27-13-11-21)17-4-2-1-3-5-17/h1-9H,10-15H2,(H,23,25)(H,24,26). The SMILES string of the molecule is O=C(NCc1ccc(F)cc1)C(=O)NCC1(c2ccccc2)CCOCC1. The molecule has 2 N–H and O–H groups in total. The van der Waals surface area contributed by atoms with Gasteiger partial charge in [0.2, 0.25) is 0 Å². The van der Waals surface area contributed by atoms with Crippen LogP contribution in [0.25, 0.3) is 0 Å². The Labute approximate surface area is 157 Å². The number of rotatable bonds is 5. The van der Waals surface area contributed by atoms with E-state index in [2.05, 4.69) is 10.6 Å². The van der Waals surface area contributed by atoms with Gasteiger partial charge in [-0.25, -0.2) is 4.39 Å². The van der Waals surface area contributed by atoms with Gasteiger partial charge in [0.05, 0.1) is 0 Å².